The molecule has 0 aliphatic carbocycles. The third-order valence-electron chi connectivity index (χ3n) is 4.92. The van der Waals surface area contributed by atoms with Crippen molar-refractivity contribution in [1.82, 2.24) is 18.9 Å². The molecule has 2 aromatic carbocycles. The van der Waals surface area contributed by atoms with Crippen LogP contribution in [0.5, 0.6) is 0 Å². The molecule has 3 aromatic heterocycles. The van der Waals surface area contributed by atoms with Gasteiger partial charge in [0, 0.05) is 17.8 Å². The predicted octanol–water partition coefficient (Wildman–Crippen LogP) is 2.99. The Hall–Kier alpha value is -3.47. The Balaban J connectivity index is 1.83. The van der Waals surface area contributed by atoms with Crippen molar-refractivity contribution in [2.45, 2.75) is 6.54 Å². The van der Waals surface area contributed by atoms with E-state index in [4.69, 9.17) is 4.98 Å². The number of aromatic nitrogens is 5. The van der Waals surface area contributed by atoms with Gasteiger partial charge in [-0.3, -0.25) is 0 Å². The molecular formula is C20H14N5+. The van der Waals surface area contributed by atoms with Crippen molar-refractivity contribution in [2.75, 3.05) is 0 Å². The van der Waals surface area contributed by atoms with Crippen LogP contribution in [0, 0.1) is 0 Å². The standard InChI is InChI=1S/C20H14N5/c1-2-7-15(8-3-1)25-18-20(24-13-21-11-10-17(24)22-18)23-12-14-6-4-5-9-16(14)19(23)25/h1-11,13H,12H2/q+1. The summed E-state index contributed by atoms with van der Waals surface area (Å²) in [6.07, 6.45) is 3.63. The Bertz CT molecular complexity index is 1260. The highest BCUT2D eigenvalue weighted by molar-refractivity contribution is 5.79. The van der Waals surface area contributed by atoms with Crippen LogP contribution in [-0.2, 0) is 6.54 Å². The molecule has 25 heavy (non-hydrogen) atoms. The lowest BCUT2D eigenvalue weighted by atomic mass is 10.1. The summed E-state index contributed by atoms with van der Waals surface area (Å²) in [6, 6.07) is 21.0. The second-order valence-electron chi connectivity index (χ2n) is 6.31. The molecule has 5 heteroatoms. The van der Waals surface area contributed by atoms with Gasteiger partial charge in [0.05, 0.1) is 12.1 Å². The maximum absolute atomic E-state index is 4.89. The second kappa shape index (κ2) is 4.54. The van der Waals surface area contributed by atoms with E-state index in [1.54, 1.807) is 6.20 Å². The molecule has 0 saturated carbocycles. The molecule has 0 spiro atoms. The van der Waals surface area contributed by atoms with Gasteiger partial charge in [-0.2, -0.15) is 9.38 Å². The Morgan fingerprint density at radius 2 is 1.76 bits per heavy atom. The number of rotatable bonds is 1. The normalized spacial score (nSPS) is 12.6. The number of hydrogen-bond donors (Lipinski definition) is 0. The zero-order chi connectivity index (χ0) is 16.4. The zero-order valence-corrected chi connectivity index (χ0v) is 13.4. The minimum atomic E-state index is 0.852. The van der Waals surface area contributed by atoms with E-state index >= 15 is 0 Å². The second-order valence-corrected chi connectivity index (χ2v) is 6.31. The van der Waals surface area contributed by atoms with Crippen molar-refractivity contribution in [3.05, 3.63) is 78.8 Å². The molecule has 0 fully saturated rings. The first kappa shape index (κ1) is 12.9. The Morgan fingerprint density at radius 3 is 2.68 bits per heavy atom. The van der Waals surface area contributed by atoms with Crippen LogP contribution in [0.25, 0.3) is 34.0 Å². The fourth-order valence-electron chi connectivity index (χ4n) is 3.88. The third kappa shape index (κ3) is 1.59. The van der Waals surface area contributed by atoms with Crippen LogP contribution >= 0.6 is 0 Å². The van der Waals surface area contributed by atoms with Crippen molar-refractivity contribution in [3.8, 4) is 17.1 Å². The van der Waals surface area contributed by atoms with Crippen LogP contribution in [0.2, 0.25) is 0 Å². The highest BCUT2D eigenvalue weighted by Gasteiger charge is 2.35. The molecule has 0 amide bonds. The lowest BCUT2D eigenvalue weighted by Gasteiger charge is -2.02. The molecule has 4 heterocycles. The highest BCUT2D eigenvalue weighted by atomic mass is 15.3. The van der Waals surface area contributed by atoms with Gasteiger partial charge in [-0.05, 0) is 18.2 Å². The quantitative estimate of drug-likeness (QED) is 0.436. The van der Waals surface area contributed by atoms with Crippen LogP contribution in [0.1, 0.15) is 5.56 Å². The highest BCUT2D eigenvalue weighted by Crippen LogP contribution is 2.33. The summed E-state index contributed by atoms with van der Waals surface area (Å²) < 4.78 is 6.67. The van der Waals surface area contributed by atoms with Crippen molar-refractivity contribution in [3.63, 3.8) is 0 Å². The average molecular weight is 324 g/mol. The molecule has 0 N–H and O–H groups in total. The summed E-state index contributed by atoms with van der Waals surface area (Å²) in [4.78, 5) is 9.19. The molecule has 0 saturated heterocycles. The van der Waals surface area contributed by atoms with Crippen molar-refractivity contribution < 1.29 is 4.57 Å². The molecule has 0 radical (unpaired) electrons. The Labute approximate surface area is 143 Å². The summed E-state index contributed by atoms with van der Waals surface area (Å²) in [7, 11) is 0. The number of hydrogen-bond acceptors (Lipinski definition) is 2. The van der Waals surface area contributed by atoms with Gasteiger partial charge in [0.2, 0.25) is 11.5 Å². The van der Waals surface area contributed by atoms with E-state index in [0.29, 0.717) is 0 Å². The van der Waals surface area contributed by atoms with Gasteiger partial charge >= 0.3 is 0 Å². The first-order chi connectivity index (χ1) is 12.4. The average Bonchev–Trinajstić information content (AvgIpc) is 3.29. The lowest BCUT2D eigenvalue weighted by Crippen LogP contribution is -2.32. The maximum atomic E-state index is 4.89. The molecule has 0 unspecified atom stereocenters. The van der Waals surface area contributed by atoms with Crippen LogP contribution in [0.15, 0.2) is 73.2 Å². The predicted molar refractivity (Wildman–Crippen MR) is 94.6 cm³/mol. The van der Waals surface area contributed by atoms with Gasteiger partial charge in [-0.1, -0.05) is 36.4 Å². The number of para-hydroxylation sites is 1. The van der Waals surface area contributed by atoms with Crippen LogP contribution < -0.4 is 4.57 Å². The van der Waals surface area contributed by atoms with Gasteiger partial charge in [0.15, 0.2) is 6.33 Å². The van der Waals surface area contributed by atoms with Crippen LogP contribution in [0.3, 0.4) is 0 Å². The molecule has 118 valence electrons. The molecule has 5 aromatic rings. The molecule has 5 nitrogen and oxygen atoms in total. The first-order valence-electron chi connectivity index (χ1n) is 8.32. The van der Waals surface area contributed by atoms with E-state index in [2.05, 4.69) is 67.0 Å². The minimum absolute atomic E-state index is 0.852. The molecule has 6 rings (SSSR count). The van der Waals surface area contributed by atoms with E-state index < -0.39 is 0 Å². The van der Waals surface area contributed by atoms with E-state index in [1.165, 1.54) is 17.0 Å². The van der Waals surface area contributed by atoms with E-state index in [9.17, 15) is 0 Å². The smallest absolute Gasteiger partial charge is 0.231 e. The zero-order valence-electron chi connectivity index (χ0n) is 13.4. The summed E-state index contributed by atoms with van der Waals surface area (Å²) in [5, 5.41) is 0. The largest absolute Gasteiger partial charge is 0.297 e. The van der Waals surface area contributed by atoms with Gasteiger partial charge < -0.3 is 0 Å². The summed E-state index contributed by atoms with van der Waals surface area (Å²) in [5.74, 6) is 1.18. The summed E-state index contributed by atoms with van der Waals surface area (Å²) in [6.45, 7) is 0.852. The van der Waals surface area contributed by atoms with E-state index in [1.807, 2.05) is 18.5 Å². The summed E-state index contributed by atoms with van der Waals surface area (Å²) >= 11 is 0. The monoisotopic (exact) mass is 324 g/mol. The van der Waals surface area contributed by atoms with Crippen LogP contribution in [0.4, 0.5) is 0 Å². The molecular weight excluding hydrogens is 310 g/mol. The first-order valence-corrected chi connectivity index (χ1v) is 8.32. The number of benzene rings is 2. The Kier molecular flexibility index (Phi) is 2.34. The van der Waals surface area contributed by atoms with Gasteiger partial charge in [0.1, 0.15) is 5.69 Å². The van der Waals surface area contributed by atoms with Crippen molar-refractivity contribution in [1.29, 1.82) is 0 Å². The third-order valence-corrected chi connectivity index (χ3v) is 4.92. The van der Waals surface area contributed by atoms with E-state index in [0.717, 1.165) is 29.2 Å². The van der Waals surface area contributed by atoms with Crippen molar-refractivity contribution in [2.24, 2.45) is 0 Å². The fourth-order valence-corrected chi connectivity index (χ4v) is 3.88. The van der Waals surface area contributed by atoms with Crippen LogP contribution in [-0.4, -0.2) is 18.9 Å². The lowest BCUT2D eigenvalue weighted by molar-refractivity contribution is -0.648. The maximum Gasteiger partial charge on any atom is 0.297 e. The SMILES string of the molecule is c1ccc(-n2c3[n+](c4c2nc2ccncn24)Cc2ccccc2-3)cc1. The van der Waals surface area contributed by atoms with E-state index in [-0.39, 0.29) is 0 Å². The minimum Gasteiger partial charge on any atom is -0.231 e. The molecule has 1 aliphatic heterocycles. The van der Waals surface area contributed by atoms with Gasteiger partial charge in [-0.15, -0.1) is 0 Å². The number of fused-ring (bicyclic) bond motifs is 7. The molecule has 1 aliphatic rings. The number of nitrogens with zero attached hydrogens (tertiary/aromatic N) is 5. The Morgan fingerprint density at radius 1 is 0.920 bits per heavy atom. The molecule has 0 atom stereocenters. The van der Waals surface area contributed by atoms with Crippen molar-refractivity contribution >= 4 is 16.9 Å². The molecule has 0 bridgehead atoms. The van der Waals surface area contributed by atoms with Gasteiger partial charge in [0.25, 0.3) is 11.3 Å². The fraction of sp³-hybridized carbons (Fsp3) is 0.0500. The van der Waals surface area contributed by atoms with Gasteiger partial charge in [-0.25, -0.2) is 14.1 Å². The topological polar surface area (TPSA) is 39.0 Å². The summed E-state index contributed by atoms with van der Waals surface area (Å²) in [5.41, 5.74) is 6.68. The number of imidazole rings is 2.